The monoisotopic (exact) mass is 375 g/mol. The van der Waals surface area contributed by atoms with Gasteiger partial charge in [-0.15, -0.1) is 11.8 Å². The quantitative estimate of drug-likeness (QED) is 0.181. The lowest BCUT2D eigenvalue weighted by Gasteiger charge is -2.08. The maximum atomic E-state index is 11.9. The average Bonchev–Trinajstić information content (AvgIpc) is 2.64. The maximum absolute atomic E-state index is 11.9. The summed E-state index contributed by atoms with van der Waals surface area (Å²) in [6, 6.07) is 13.2. The third-order valence-corrected chi connectivity index (χ3v) is 4.25. The van der Waals surface area contributed by atoms with Gasteiger partial charge in [-0.2, -0.15) is 0 Å². The fourth-order valence-corrected chi connectivity index (χ4v) is 2.77. The van der Waals surface area contributed by atoms with Gasteiger partial charge in [-0.25, -0.2) is 4.79 Å². The van der Waals surface area contributed by atoms with E-state index in [0.29, 0.717) is 12.3 Å². The molecule has 0 aliphatic carbocycles. The van der Waals surface area contributed by atoms with Gasteiger partial charge in [0.15, 0.2) is 6.61 Å². The number of nitro groups is 1. The Bertz CT molecular complexity index is 798. The predicted molar refractivity (Wildman–Crippen MR) is 98.0 cm³/mol. The van der Waals surface area contributed by atoms with Gasteiger partial charge in [-0.05, 0) is 18.2 Å². The number of nitrogens with one attached hydrogen (secondary N) is 1. The molecule has 3 N–H and O–H groups in total. The van der Waals surface area contributed by atoms with Crippen molar-refractivity contribution in [3.63, 3.8) is 0 Å². The Morgan fingerprint density at radius 2 is 1.92 bits per heavy atom. The van der Waals surface area contributed by atoms with E-state index in [1.165, 1.54) is 6.07 Å². The molecule has 0 saturated carbocycles. The number of hydrogen-bond acceptors (Lipinski definition) is 7. The van der Waals surface area contributed by atoms with Crippen LogP contribution in [0.2, 0.25) is 0 Å². The molecule has 0 saturated heterocycles. The molecular formula is C17H17N3O5S. The molecule has 0 atom stereocenters. The number of anilines is 1. The Balaban J connectivity index is 1.73. The van der Waals surface area contributed by atoms with Crippen molar-refractivity contribution in [1.29, 1.82) is 0 Å². The highest BCUT2D eigenvalue weighted by molar-refractivity contribution is 7.99. The van der Waals surface area contributed by atoms with Gasteiger partial charge < -0.3 is 15.8 Å². The van der Waals surface area contributed by atoms with Crippen LogP contribution in [0.25, 0.3) is 0 Å². The molecule has 0 unspecified atom stereocenters. The largest absolute Gasteiger partial charge is 0.452 e. The van der Waals surface area contributed by atoms with Crippen molar-refractivity contribution in [2.24, 2.45) is 0 Å². The van der Waals surface area contributed by atoms with Gasteiger partial charge >= 0.3 is 5.97 Å². The van der Waals surface area contributed by atoms with Crippen LogP contribution in [0, 0.1) is 10.1 Å². The number of nitrogens with zero attached hydrogens (tertiary/aromatic N) is 1. The Kier molecular flexibility index (Phi) is 6.98. The summed E-state index contributed by atoms with van der Waals surface area (Å²) >= 11 is 1.60. The number of carbonyl (C=O) groups is 2. The maximum Gasteiger partial charge on any atom is 0.340 e. The first-order valence-electron chi connectivity index (χ1n) is 7.63. The minimum Gasteiger partial charge on any atom is -0.452 e. The van der Waals surface area contributed by atoms with Crippen molar-refractivity contribution < 1.29 is 19.2 Å². The molecule has 0 heterocycles. The van der Waals surface area contributed by atoms with Crippen molar-refractivity contribution in [1.82, 2.24) is 5.32 Å². The van der Waals surface area contributed by atoms with Crippen LogP contribution in [0.1, 0.15) is 10.4 Å². The molecule has 9 heteroatoms. The normalized spacial score (nSPS) is 10.2. The van der Waals surface area contributed by atoms with Crippen LogP contribution < -0.4 is 11.1 Å². The van der Waals surface area contributed by atoms with Gasteiger partial charge in [-0.1, -0.05) is 18.2 Å². The minimum atomic E-state index is -0.814. The van der Waals surface area contributed by atoms with Crippen molar-refractivity contribution in [2.45, 2.75) is 4.90 Å². The van der Waals surface area contributed by atoms with E-state index >= 15 is 0 Å². The van der Waals surface area contributed by atoms with Crippen molar-refractivity contribution >= 4 is 35.0 Å². The standard InChI is InChI=1S/C17H17N3O5S/c18-15-10-12(20(23)24)6-7-14(15)17(22)25-11-16(21)19-8-9-26-13-4-2-1-3-5-13/h1-7,10H,8-9,11,18H2,(H,19,21). The zero-order chi connectivity index (χ0) is 18.9. The highest BCUT2D eigenvalue weighted by Crippen LogP contribution is 2.20. The van der Waals surface area contributed by atoms with E-state index in [9.17, 15) is 19.7 Å². The van der Waals surface area contributed by atoms with Crippen molar-refractivity contribution in [3.8, 4) is 0 Å². The number of ether oxygens (including phenoxy) is 1. The lowest BCUT2D eigenvalue weighted by Crippen LogP contribution is -2.30. The summed E-state index contributed by atoms with van der Waals surface area (Å²) in [5, 5.41) is 13.3. The van der Waals surface area contributed by atoms with Crippen molar-refractivity contribution in [2.75, 3.05) is 24.6 Å². The van der Waals surface area contributed by atoms with Crippen LogP contribution in [-0.2, 0) is 9.53 Å². The number of carbonyl (C=O) groups excluding carboxylic acids is 2. The second-order valence-corrected chi connectivity index (χ2v) is 6.28. The number of amides is 1. The lowest BCUT2D eigenvalue weighted by molar-refractivity contribution is -0.384. The van der Waals surface area contributed by atoms with E-state index in [-0.39, 0.29) is 16.9 Å². The van der Waals surface area contributed by atoms with Gasteiger partial charge in [0.2, 0.25) is 0 Å². The van der Waals surface area contributed by atoms with Crippen LogP contribution >= 0.6 is 11.8 Å². The smallest absolute Gasteiger partial charge is 0.340 e. The Morgan fingerprint density at radius 3 is 2.58 bits per heavy atom. The molecule has 8 nitrogen and oxygen atoms in total. The molecule has 0 aliphatic rings. The van der Waals surface area contributed by atoms with Crippen molar-refractivity contribution in [3.05, 3.63) is 64.2 Å². The molecule has 0 aliphatic heterocycles. The first kappa shape index (κ1) is 19.3. The van der Waals surface area contributed by atoms with Gasteiger partial charge in [-0.3, -0.25) is 14.9 Å². The van der Waals surface area contributed by atoms with Gasteiger partial charge in [0.1, 0.15) is 0 Å². The van der Waals surface area contributed by atoms with Crippen LogP contribution in [0.3, 0.4) is 0 Å². The fraction of sp³-hybridized carbons (Fsp3) is 0.176. The topological polar surface area (TPSA) is 125 Å². The highest BCUT2D eigenvalue weighted by atomic mass is 32.2. The minimum absolute atomic E-state index is 0.0250. The number of thioether (sulfide) groups is 1. The van der Waals surface area contributed by atoms with E-state index in [4.69, 9.17) is 10.5 Å². The zero-order valence-electron chi connectivity index (χ0n) is 13.7. The summed E-state index contributed by atoms with van der Waals surface area (Å²) in [6.07, 6.45) is 0. The summed E-state index contributed by atoms with van der Waals surface area (Å²) in [4.78, 5) is 34.7. The van der Waals surface area contributed by atoms with Crippen LogP contribution in [-0.4, -0.2) is 35.7 Å². The molecule has 0 spiro atoms. The third kappa shape index (κ3) is 5.78. The third-order valence-electron chi connectivity index (χ3n) is 3.24. The first-order chi connectivity index (χ1) is 12.5. The summed E-state index contributed by atoms with van der Waals surface area (Å²) in [5.41, 5.74) is 5.28. The van der Waals surface area contributed by atoms with Crippen LogP contribution in [0.5, 0.6) is 0 Å². The second kappa shape index (κ2) is 9.42. The highest BCUT2D eigenvalue weighted by Gasteiger charge is 2.16. The summed E-state index contributed by atoms with van der Waals surface area (Å²) < 4.78 is 4.88. The number of rotatable bonds is 8. The second-order valence-electron chi connectivity index (χ2n) is 5.12. The Morgan fingerprint density at radius 1 is 1.19 bits per heavy atom. The van der Waals surface area contributed by atoms with Crippen LogP contribution in [0.15, 0.2) is 53.4 Å². The number of esters is 1. The molecule has 2 aromatic carbocycles. The van der Waals surface area contributed by atoms with Gasteiger partial charge in [0.25, 0.3) is 11.6 Å². The molecule has 0 bridgehead atoms. The average molecular weight is 375 g/mol. The Labute approximate surface area is 153 Å². The van der Waals surface area contributed by atoms with Gasteiger partial charge in [0, 0.05) is 29.3 Å². The molecule has 0 aromatic heterocycles. The summed E-state index contributed by atoms with van der Waals surface area (Å²) in [6.45, 7) is -0.0269. The molecule has 0 fully saturated rings. The van der Waals surface area contributed by atoms with Crippen LogP contribution in [0.4, 0.5) is 11.4 Å². The number of nitro benzene ring substituents is 1. The van der Waals surface area contributed by atoms with E-state index < -0.39 is 23.4 Å². The summed E-state index contributed by atoms with van der Waals surface area (Å²) in [5.74, 6) is -0.572. The molecule has 0 radical (unpaired) electrons. The van der Waals surface area contributed by atoms with E-state index in [0.717, 1.165) is 17.0 Å². The number of nitrogens with two attached hydrogens (primary N) is 1. The number of hydrogen-bond donors (Lipinski definition) is 2. The van der Waals surface area contributed by atoms with E-state index in [2.05, 4.69) is 5.32 Å². The van der Waals surface area contributed by atoms with E-state index in [1.54, 1.807) is 11.8 Å². The molecular weight excluding hydrogens is 358 g/mol. The van der Waals surface area contributed by atoms with E-state index in [1.807, 2.05) is 30.3 Å². The number of non-ortho nitro benzene ring substituents is 1. The lowest BCUT2D eigenvalue weighted by atomic mass is 10.1. The summed E-state index contributed by atoms with van der Waals surface area (Å²) in [7, 11) is 0. The molecule has 136 valence electrons. The van der Waals surface area contributed by atoms with Gasteiger partial charge in [0.05, 0.1) is 16.2 Å². The SMILES string of the molecule is Nc1cc([N+](=O)[O-])ccc1C(=O)OCC(=O)NCCSc1ccccc1. The number of benzene rings is 2. The first-order valence-corrected chi connectivity index (χ1v) is 8.61. The Hall–Kier alpha value is -3.07. The molecule has 26 heavy (non-hydrogen) atoms. The molecule has 2 rings (SSSR count). The molecule has 1 amide bonds. The fourth-order valence-electron chi connectivity index (χ4n) is 1.99. The zero-order valence-corrected chi connectivity index (χ0v) is 14.5. The number of nitrogen functional groups attached to an aromatic ring is 1. The predicted octanol–water partition coefficient (Wildman–Crippen LogP) is 2.24. The molecule has 2 aromatic rings.